The quantitative estimate of drug-likeness (QED) is 0.0211. The van der Waals surface area contributed by atoms with Gasteiger partial charge >= 0.3 is 5.97 Å². The van der Waals surface area contributed by atoms with Crippen LogP contribution in [0.4, 0.5) is 0 Å². The lowest BCUT2D eigenvalue weighted by molar-refractivity contribution is -0.160. The molecule has 1 aliphatic heterocycles. The average Bonchev–Trinajstić information content (AvgIpc) is 3.07. The van der Waals surface area contributed by atoms with Gasteiger partial charge in [0.2, 0.25) is 23.6 Å². The van der Waals surface area contributed by atoms with Crippen LogP contribution in [0.2, 0.25) is 0 Å². The molecule has 8 N–H and O–H groups in total. The molecule has 53 heavy (non-hydrogen) atoms. The van der Waals surface area contributed by atoms with Gasteiger partial charge in [-0.25, -0.2) is 14.9 Å². The SMILES string of the molecule is CC(=O)NC(CCCN(O)C(=O)C=C(C)CCO)C(=O)OCCC(C)=CC(=O)N(O)CCCC1NC(=O)C(CCCNC(=O)C=C(C)CCO)NC1=O. The van der Waals surface area contributed by atoms with E-state index in [-0.39, 0.29) is 83.2 Å². The number of ether oxygens (including phenoxy) is 1. The third-order valence-corrected chi connectivity index (χ3v) is 8.00. The van der Waals surface area contributed by atoms with Gasteiger partial charge in [-0.05, 0) is 72.1 Å². The molecule has 1 heterocycles. The predicted octanol–water partition coefficient (Wildman–Crippen LogP) is -0.0963. The van der Waals surface area contributed by atoms with E-state index in [1.807, 2.05) is 0 Å². The zero-order chi connectivity index (χ0) is 39.9. The summed E-state index contributed by atoms with van der Waals surface area (Å²) < 4.78 is 5.26. The number of nitrogens with one attached hydrogen (secondary N) is 4. The molecule has 3 unspecified atom stereocenters. The molecule has 18 heteroatoms. The van der Waals surface area contributed by atoms with Gasteiger partial charge in [0.25, 0.3) is 11.8 Å². The summed E-state index contributed by atoms with van der Waals surface area (Å²) in [5, 5.41) is 49.4. The van der Waals surface area contributed by atoms with E-state index in [0.717, 1.165) is 11.6 Å². The van der Waals surface area contributed by atoms with Crippen molar-refractivity contribution < 1.29 is 58.9 Å². The second-order valence-corrected chi connectivity index (χ2v) is 12.9. The predicted molar refractivity (Wildman–Crippen MR) is 189 cm³/mol. The Labute approximate surface area is 309 Å². The van der Waals surface area contributed by atoms with Crippen molar-refractivity contribution >= 4 is 41.4 Å². The highest BCUT2D eigenvalue weighted by molar-refractivity contribution is 5.97. The minimum absolute atomic E-state index is 0.0517. The summed E-state index contributed by atoms with van der Waals surface area (Å²) in [7, 11) is 0. The molecular weight excluding hydrogens is 696 g/mol. The Hall–Kier alpha value is -4.65. The number of aliphatic hydroxyl groups is 2. The van der Waals surface area contributed by atoms with Gasteiger partial charge in [0, 0.05) is 64.4 Å². The van der Waals surface area contributed by atoms with Crippen molar-refractivity contribution in [1.29, 1.82) is 0 Å². The lowest BCUT2D eigenvalue weighted by atomic mass is 10.0. The van der Waals surface area contributed by atoms with Crippen molar-refractivity contribution in [1.82, 2.24) is 31.4 Å². The molecule has 1 saturated heterocycles. The number of hydrogen-bond donors (Lipinski definition) is 8. The van der Waals surface area contributed by atoms with Gasteiger partial charge in [0.1, 0.15) is 18.1 Å². The van der Waals surface area contributed by atoms with Gasteiger partial charge < -0.3 is 36.2 Å². The van der Waals surface area contributed by atoms with E-state index >= 15 is 0 Å². The molecule has 18 nitrogen and oxygen atoms in total. The molecule has 1 aliphatic rings. The summed E-state index contributed by atoms with van der Waals surface area (Å²) in [6.45, 7) is 5.92. The number of hydroxylamine groups is 4. The molecule has 0 radical (unpaired) electrons. The van der Waals surface area contributed by atoms with E-state index in [1.54, 1.807) is 20.8 Å². The zero-order valence-electron chi connectivity index (χ0n) is 31.0. The van der Waals surface area contributed by atoms with Crippen LogP contribution < -0.4 is 21.3 Å². The number of nitrogens with zero attached hydrogens (tertiary/aromatic N) is 2. The van der Waals surface area contributed by atoms with Gasteiger partial charge in [-0.15, -0.1) is 0 Å². The highest BCUT2D eigenvalue weighted by Gasteiger charge is 2.33. The summed E-state index contributed by atoms with van der Waals surface area (Å²) in [4.78, 5) is 85.7. The van der Waals surface area contributed by atoms with Crippen molar-refractivity contribution in [3.63, 3.8) is 0 Å². The summed E-state index contributed by atoms with van der Waals surface area (Å²) in [5.74, 6) is -3.72. The van der Waals surface area contributed by atoms with Crippen LogP contribution in [0.15, 0.2) is 34.9 Å². The number of aliphatic hydroxyl groups excluding tert-OH is 2. The molecule has 298 valence electrons. The first kappa shape index (κ1) is 46.4. The van der Waals surface area contributed by atoms with Gasteiger partial charge in [-0.3, -0.25) is 39.2 Å². The molecule has 0 aromatic rings. The molecule has 1 fully saturated rings. The maximum Gasteiger partial charge on any atom is 0.328 e. The van der Waals surface area contributed by atoms with Crippen LogP contribution in [0.5, 0.6) is 0 Å². The largest absolute Gasteiger partial charge is 0.464 e. The van der Waals surface area contributed by atoms with Crippen molar-refractivity contribution in [2.24, 2.45) is 0 Å². The van der Waals surface area contributed by atoms with Crippen molar-refractivity contribution in [3.8, 4) is 0 Å². The Morgan fingerprint density at radius 1 is 0.755 bits per heavy atom. The molecule has 0 aromatic carbocycles. The fourth-order valence-electron chi connectivity index (χ4n) is 5.03. The third kappa shape index (κ3) is 19.7. The molecule has 1 rings (SSSR count). The first-order valence-corrected chi connectivity index (χ1v) is 17.6. The van der Waals surface area contributed by atoms with Gasteiger partial charge in [-0.1, -0.05) is 16.7 Å². The average molecular weight is 753 g/mol. The fourth-order valence-corrected chi connectivity index (χ4v) is 5.03. The van der Waals surface area contributed by atoms with Gasteiger partial charge in [-0.2, -0.15) is 0 Å². The first-order valence-electron chi connectivity index (χ1n) is 17.6. The number of hydrogen-bond acceptors (Lipinski definition) is 12. The van der Waals surface area contributed by atoms with Crippen LogP contribution in [0.25, 0.3) is 0 Å². The number of carbonyl (C=O) groups excluding carboxylic acids is 7. The summed E-state index contributed by atoms with van der Waals surface area (Å²) >= 11 is 0. The smallest absolute Gasteiger partial charge is 0.328 e. The minimum atomic E-state index is -1.04. The number of esters is 1. The van der Waals surface area contributed by atoms with Crippen LogP contribution >= 0.6 is 0 Å². The molecule has 0 spiro atoms. The van der Waals surface area contributed by atoms with E-state index in [4.69, 9.17) is 14.9 Å². The Balaban J connectivity index is 2.44. The van der Waals surface area contributed by atoms with Crippen LogP contribution in [0.1, 0.15) is 85.5 Å². The first-order chi connectivity index (χ1) is 25.1. The van der Waals surface area contributed by atoms with E-state index in [0.29, 0.717) is 47.1 Å². The maximum atomic E-state index is 12.6. The molecule has 0 aromatic heterocycles. The third-order valence-electron chi connectivity index (χ3n) is 8.00. The number of carbonyl (C=O) groups is 7. The van der Waals surface area contributed by atoms with E-state index in [1.165, 1.54) is 19.1 Å². The lowest BCUT2D eigenvalue weighted by Crippen LogP contribution is -2.61. The Morgan fingerprint density at radius 2 is 1.25 bits per heavy atom. The van der Waals surface area contributed by atoms with Crippen LogP contribution in [0, 0.1) is 0 Å². The van der Waals surface area contributed by atoms with Crippen molar-refractivity contribution in [2.45, 2.75) is 104 Å². The summed E-state index contributed by atoms with van der Waals surface area (Å²) in [6.07, 6.45) is 5.89. The van der Waals surface area contributed by atoms with Gasteiger partial charge in [0.05, 0.1) is 6.61 Å². The molecular formula is C35H56N6O12. The summed E-state index contributed by atoms with van der Waals surface area (Å²) in [6, 6.07) is -2.64. The molecule has 0 saturated carbocycles. The highest BCUT2D eigenvalue weighted by atomic mass is 16.5. The topological polar surface area (TPSA) is 264 Å². The van der Waals surface area contributed by atoms with Crippen LogP contribution in [-0.2, 0) is 38.3 Å². The standard InChI is InChI=1S/C35H56N6O12/c1-23(11-17-42)20-30(45)36-14-5-8-27-33(48)39-28(34(49)38-27)9-6-15-40(51)32(47)22-25(3)13-19-53-35(50)29(37-26(4)44)10-7-16-41(52)31(46)21-24(2)12-18-43/h20-22,27-29,42-43,51-52H,5-19H2,1-4H3,(H,36,45)(H,37,44)(H,38,49)(H,39,48). The second kappa shape index (κ2) is 25.3. The fraction of sp³-hybridized carbons (Fsp3) is 0.629. The maximum absolute atomic E-state index is 12.6. The second-order valence-electron chi connectivity index (χ2n) is 12.9. The number of rotatable bonds is 24. The Bertz CT molecular complexity index is 1360. The zero-order valence-corrected chi connectivity index (χ0v) is 31.0. The molecule has 6 amide bonds. The van der Waals surface area contributed by atoms with Crippen molar-refractivity contribution in [2.75, 3.05) is 39.5 Å². The lowest BCUT2D eigenvalue weighted by Gasteiger charge is -2.30. The monoisotopic (exact) mass is 752 g/mol. The van der Waals surface area contributed by atoms with E-state index in [2.05, 4.69) is 21.3 Å². The normalized spacial score (nSPS) is 16.9. The Morgan fingerprint density at radius 3 is 1.77 bits per heavy atom. The number of piperazine rings is 1. The summed E-state index contributed by atoms with van der Waals surface area (Å²) in [5.41, 5.74) is 1.80. The minimum Gasteiger partial charge on any atom is -0.464 e. The molecule has 0 aliphatic carbocycles. The van der Waals surface area contributed by atoms with Crippen molar-refractivity contribution in [3.05, 3.63) is 34.9 Å². The van der Waals surface area contributed by atoms with E-state index < -0.39 is 47.7 Å². The number of amides is 6. The Kier molecular flexibility index (Phi) is 22.2. The molecule has 0 bridgehead atoms. The molecule has 3 atom stereocenters. The van der Waals surface area contributed by atoms with E-state index in [9.17, 15) is 44.0 Å². The van der Waals surface area contributed by atoms with Crippen LogP contribution in [-0.4, -0.2) is 130 Å². The van der Waals surface area contributed by atoms with Gasteiger partial charge in [0.15, 0.2) is 0 Å². The van der Waals surface area contributed by atoms with Crippen LogP contribution in [0.3, 0.4) is 0 Å². The highest BCUT2D eigenvalue weighted by Crippen LogP contribution is 2.10.